The van der Waals surface area contributed by atoms with E-state index in [2.05, 4.69) is 15.5 Å². The van der Waals surface area contributed by atoms with Gasteiger partial charge in [-0.1, -0.05) is 16.8 Å². The zero-order chi connectivity index (χ0) is 15.4. The minimum atomic E-state index is -1.02. The van der Waals surface area contributed by atoms with Crippen LogP contribution in [0.5, 0.6) is 0 Å². The molecule has 0 aliphatic carbocycles. The highest BCUT2D eigenvalue weighted by Gasteiger charge is 2.21. The molecule has 0 aromatic carbocycles. The Hall–Kier alpha value is -2.41. The number of esters is 1. The monoisotopic (exact) mass is 309 g/mol. The summed E-state index contributed by atoms with van der Waals surface area (Å²) in [4.78, 5) is 27.5. The number of hydrogen-bond acceptors (Lipinski definition) is 6. The molecule has 8 heteroatoms. The van der Waals surface area contributed by atoms with Crippen molar-refractivity contribution in [2.75, 3.05) is 5.32 Å². The Labute approximate surface area is 125 Å². The smallest absolute Gasteiger partial charge is 0.342 e. The van der Waals surface area contributed by atoms with Gasteiger partial charge in [0.1, 0.15) is 10.9 Å². The predicted molar refractivity (Wildman–Crippen MR) is 74.0 cm³/mol. The number of aromatic nitrogens is 2. The number of halogens is 1. The van der Waals surface area contributed by atoms with E-state index >= 15 is 0 Å². The highest BCUT2D eigenvalue weighted by atomic mass is 35.5. The van der Waals surface area contributed by atoms with E-state index in [-0.39, 0.29) is 16.5 Å². The van der Waals surface area contributed by atoms with Gasteiger partial charge in [0.2, 0.25) is 0 Å². The molecule has 0 saturated carbocycles. The van der Waals surface area contributed by atoms with Crippen LogP contribution in [0.2, 0.25) is 5.15 Å². The maximum absolute atomic E-state index is 11.9. The van der Waals surface area contributed by atoms with Gasteiger partial charge in [0, 0.05) is 12.3 Å². The Morgan fingerprint density at radius 3 is 2.86 bits per heavy atom. The number of aryl methyl sites for hydroxylation is 1. The number of pyridine rings is 1. The molecule has 21 heavy (non-hydrogen) atoms. The van der Waals surface area contributed by atoms with Crippen LogP contribution < -0.4 is 5.32 Å². The number of anilines is 1. The van der Waals surface area contributed by atoms with Gasteiger partial charge < -0.3 is 14.6 Å². The number of carbonyl (C=O) groups is 2. The lowest BCUT2D eigenvalue weighted by Crippen LogP contribution is -2.30. The Morgan fingerprint density at radius 1 is 1.48 bits per heavy atom. The van der Waals surface area contributed by atoms with Gasteiger partial charge in [0.15, 0.2) is 11.9 Å². The van der Waals surface area contributed by atoms with Gasteiger partial charge >= 0.3 is 5.97 Å². The van der Waals surface area contributed by atoms with E-state index in [4.69, 9.17) is 20.9 Å². The molecule has 2 aromatic rings. The normalized spacial score (nSPS) is 11.8. The third-order valence-electron chi connectivity index (χ3n) is 2.51. The average molecular weight is 310 g/mol. The van der Waals surface area contributed by atoms with E-state index < -0.39 is 18.0 Å². The fourth-order valence-electron chi connectivity index (χ4n) is 1.47. The van der Waals surface area contributed by atoms with Crippen LogP contribution in [-0.4, -0.2) is 28.1 Å². The van der Waals surface area contributed by atoms with Crippen LogP contribution in [0.15, 0.2) is 28.9 Å². The van der Waals surface area contributed by atoms with Gasteiger partial charge in [-0.2, -0.15) is 0 Å². The molecule has 2 heterocycles. The minimum Gasteiger partial charge on any atom is -0.449 e. The molecule has 1 N–H and O–H groups in total. The van der Waals surface area contributed by atoms with Crippen LogP contribution in [0.25, 0.3) is 0 Å². The van der Waals surface area contributed by atoms with E-state index in [1.807, 2.05) is 0 Å². The van der Waals surface area contributed by atoms with E-state index in [0.29, 0.717) is 5.76 Å². The molecule has 110 valence electrons. The molecule has 0 aliphatic rings. The SMILES string of the molecule is Cc1cc(NC(=O)C(C)OC(=O)c2cccnc2Cl)no1. The lowest BCUT2D eigenvalue weighted by molar-refractivity contribution is -0.123. The largest absolute Gasteiger partial charge is 0.449 e. The van der Waals surface area contributed by atoms with Crippen LogP contribution in [0.3, 0.4) is 0 Å². The Bertz CT molecular complexity index is 671. The molecule has 1 atom stereocenters. The molecule has 2 rings (SSSR count). The number of hydrogen-bond donors (Lipinski definition) is 1. The summed E-state index contributed by atoms with van der Waals surface area (Å²) >= 11 is 5.78. The zero-order valence-electron chi connectivity index (χ0n) is 11.3. The average Bonchev–Trinajstić information content (AvgIpc) is 2.84. The third-order valence-corrected chi connectivity index (χ3v) is 2.81. The summed E-state index contributed by atoms with van der Waals surface area (Å²) in [5, 5.41) is 6.09. The molecule has 1 unspecified atom stereocenters. The van der Waals surface area contributed by atoms with E-state index in [1.54, 1.807) is 19.1 Å². The first-order valence-electron chi connectivity index (χ1n) is 6.03. The van der Waals surface area contributed by atoms with Crippen molar-refractivity contribution in [1.82, 2.24) is 10.1 Å². The maximum atomic E-state index is 11.9. The highest BCUT2D eigenvalue weighted by molar-refractivity contribution is 6.32. The summed E-state index contributed by atoms with van der Waals surface area (Å²) in [6, 6.07) is 4.55. The van der Waals surface area contributed by atoms with Gasteiger partial charge in [-0.3, -0.25) is 4.79 Å². The Kier molecular flexibility index (Phi) is 4.54. The van der Waals surface area contributed by atoms with Crippen molar-refractivity contribution < 1.29 is 18.8 Å². The van der Waals surface area contributed by atoms with E-state index in [1.165, 1.54) is 19.2 Å². The lowest BCUT2D eigenvalue weighted by Gasteiger charge is -2.12. The van der Waals surface area contributed by atoms with Crippen molar-refractivity contribution in [3.8, 4) is 0 Å². The first-order valence-corrected chi connectivity index (χ1v) is 6.41. The molecule has 0 saturated heterocycles. The fraction of sp³-hybridized carbons (Fsp3) is 0.231. The van der Waals surface area contributed by atoms with Crippen molar-refractivity contribution >= 4 is 29.3 Å². The second-order valence-corrected chi connectivity index (χ2v) is 4.56. The first-order chi connectivity index (χ1) is 9.97. The summed E-state index contributed by atoms with van der Waals surface area (Å²) in [6.45, 7) is 3.13. The van der Waals surface area contributed by atoms with Gasteiger partial charge in [-0.25, -0.2) is 9.78 Å². The van der Waals surface area contributed by atoms with Gasteiger partial charge in [-0.05, 0) is 26.0 Å². The molecular weight excluding hydrogens is 298 g/mol. The number of nitrogens with one attached hydrogen (secondary N) is 1. The van der Waals surface area contributed by atoms with Crippen LogP contribution >= 0.6 is 11.6 Å². The van der Waals surface area contributed by atoms with Crippen LogP contribution in [-0.2, 0) is 9.53 Å². The quantitative estimate of drug-likeness (QED) is 0.687. The van der Waals surface area contributed by atoms with Crippen LogP contribution in [0, 0.1) is 6.92 Å². The topological polar surface area (TPSA) is 94.3 Å². The van der Waals surface area contributed by atoms with Crippen molar-refractivity contribution in [2.24, 2.45) is 0 Å². The summed E-state index contributed by atoms with van der Waals surface area (Å²) in [5.74, 6) is -0.458. The van der Waals surface area contributed by atoms with Crippen LogP contribution in [0.1, 0.15) is 23.0 Å². The zero-order valence-corrected chi connectivity index (χ0v) is 12.0. The molecule has 0 aliphatic heterocycles. The molecule has 0 bridgehead atoms. The summed E-state index contributed by atoms with van der Waals surface area (Å²) in [6.07, 6.45) is 0.424. The number of carbonyl (C=O) groups excluding carboxylic acids is 2. The Balaban J connectivity index is 1.97. The summed E-state index contributed by atoms with van der Waals surface area (Å²) in [7, 11) is 0. The molecular formula is C13H12ClN3O4. The van der Waals surface area contributed by atoms with E-state index in [9.17, 15) is 9.59 Å². The lowest BCUT2D eigenvalue weighted by atomic mass is 10.3. The maximum Gasteiger partial charge on any atom is 0.342 e. The third kappa shape index (κ3) is 3.79. The van der Waals surface area contributed by atoms with Crippen molar-refractivity contribution in [1.29, 1.82) is 0 Å². The number of amides is 1. The van der Waals surface area contributed by atoms with Gasteiger partial charge in [0.25, 0.3) is 5.91 Å². The fourth-order valence-corrected chi connectivity index (χ4v) is 1.67. The van der Waals surface area contributed by atoms with E-state index in [0.717, 1.165) is 0 Å². The Morgan fingerprint density at radius 2 is 2.24 bits per heavy atom. The number of nitrogens with zero attached hydrogens (tertiary/aromatic N) is 2. The molecule has 7 nitrogen and oxygen atoms in total. The van der Waals surface area contributed by atoms with Crippen molar-refractivity contribution in [3.63, 3.8) is 0 Å². The molecule has 2 aromatic heterocycles. The summed E-state index contributed by atoms with van der Waals surface area (Å²) < 4.78 is 9.84. The predicted octanol–water partition coefficient (Wildman–Crippen LogP) is 2.22. The standard InChI is InChI=1S/C13H12ClN3O4/c1-7-6-10(17-21-7)16-12(18)8(2)20-13(19)9-4-3-5-15-11(9)14/h3-6,8H,1-2H3,(H,16,17,18). The van der Waals surface area contributed by atoms with Gasteiger partial charge in [-0.15, -0.1) is 0 Å². The van der Waals surface area contributed by atoms with Crippen LogP contribution in [0.4, 0.5) is 5.82 Å². The second kappa shape index (κ2) is 6.36. The number of rotatable bonds is 4. The molecule has 1 amide bonds. The molecule has 0 fully saturated rings. The summed E-state index contributed by atoms with van der Waals surface area (Å²) in [5.41, 5.74) is 0.0936. The first kappa shape index (κ1) is 15.0. The van der Waals surface area contributed by atoms with Crippen molar-refractivity contribution in [3.05, 3.63) is 40.9 Å². The van der Waals surface area contributed by atoms with Crippen molar-refractivity contribution in [2.45, 2.75) is 20.0 Å². The molecule has 0 spiro atoms. The highest BCUT2D eigenvalue weighted by Crippen LogP contribution is 2.14. The second-order valence-electron chi connectivity index (χ2n) is 4.20. The van der Waals surface area contributed by atoms with Gasteiger partial charge in [0.05, 0.1) is 5.56 Å². The number of ether oxygens (including phenoxy) is 1. The molecule has 0 radical (unpaired) electrons. The minimum absolute atomic E-state index is 0.0160.